The van der Waals surface area contributed by atoms with Crippen LogP contribution in [0.25, 0.3) is 0 Å². The van der Waals surface area contributed by atoms with E-state index in [0.717, 1.165) is 25.3 Å². The third-order valence-electron chi connectivity index (χ3n) is 4.81. The summed E-state index contributed by atoms with van der Waals surface area (Å²) in [6.07, 6.45) is -1.90. The van der Waals surface area contributed by atoms with Crippen molar-refractivity contribution in [1.82, 2.24) is 4.98 Å². The van der Waals surface area contributed by atoms with Crippen LogP contribution in [-0.4, -0.2) is 31.2 Å². The topological polar surface area (TPSA) is 42.4 Å². The van der Waals surface area contributed by atoms with Gasteiger partial charge in [-0.1, -0.05) is 12.5 Å². The van der Waals surface area contributed by atoms with Crippen LogP contribution in [0.1, 0.15) is 25.0 Å². The number of nitrogens with zero attached hydrogens (tertiary/aromatic N) is 2. The van der Waals surface area contributed by atoms with Gasteiger partial charge in [0.2, 0.25) is 0 Å². The van der Waals surface area contributed by atoms with Crippen LogP contribution in [0, 0.1) is 11.3 Å². The highest BCUT2D eigenvalue weighted by Gasteiger charge is 2.55. The molecule has 2 heterocycles. The van der Waals surface area contributed by atoms with Gasteiger partial charge in [0, 0.05) is 13.1 Å². The van der Waals surface area contributed by atoms with E-state index in [4.69, 9.17) is 4.74 Å². The van der Waals surface area contributed by atoms with E-state index in [0.29, 0.717) is 13.1 Å². The molecule has 1 aliphatic carbocycles. The lowest BCUT2D eigenvalue weighted by Crippen LogP contribution is -2.37. The highest BCUT2D eigenvalue weighted by molar-refractivity contribution is 5.79. The maximum Gasteiger partial charge on any atom is 0.433 e. The molecule has 2 atom stereocenters. The molecule has 0 aromatic carbocycles. The standard InChI is InChI=1S/C15H17F3N2O2/c1-22-13(21)14-7-3-4-10(14)8-20(9-14)12-6-2-5-11(19-12)15(16,17)18/h2,5-6,10H,3-4,7-9H2,1H3. The van der Waals surface area contributed by atoms with Crippen molar-refractivity contribution in [2.75, 3.05) is 25.1 Å². The fourth-order valence-corrected chi connectivity index (χ4v) is 3.76. The molecular formula is C15H17F3N2O2. The van der Waals surface area contributed by atoms with Gasteiger partial charge in [-0.15, -0.1) is 0 Å². The Balaban J connectivity index is 1.88. The summed E-state index contributed by atoms with van der Waals surface area (Å²) in [7, 11) is 1.36. The number of aromatic nitrogens is 1. The Morgan fingerprint density at radius 1 is 1.45 bits per heavy atom. The van der Waals surface area contributed by atoms with Crippen molar-refractivity contribution in [2.24, 2.45) is 11.3 Å². The quantitative estimate of drug-likeness (QED) is 0.787. The predicted octanol–water partition coefficient (Wildman–Crippen LogP) is 2.88. The van der Waals surface area contributed by atoms with Crippen molar-refractivity contribution in [3.05, 3.63) is 23.9 Å². The monoisotopic (exact) mass is 314 g/mol. The van der Waals surface area contributed by atoms with Gasteiger partial charge in [0.05, 0.1) is 12.5 Å². The lowest BCUT2D eigenvalue weighted by Gasteiger charge is -2.25. The van der Waals surface area contributed by atoms with E-state index in [1.165, 1.54) is 13.2 Å². The number of hydrogen-bond donors (Lipinski definition) is 0. The minimum atomic E-state index is -4.47. The van der Waals surface area contributed by atoms with Gasteiger partial charge >= 0.3 is 12.1 Å². The molecular weight excluding hydrogens is 297 g/mol. The molecule has 1 saturated heterocycles. The number of carbonyl (C=O) groups is 1. The number of pyridine rings is 1. The molecule has 2 aliphatic rings. The molecule has 120 valence electrons. The average molecular weight is 314 g/mol. The third kappa shape index (κ3) is 2.32. The fourth-order valence-electron chi connectivity index (χ4n) is 3.76. The molecule has 1 aliphatic heterocycles. The zero-order chi connectivity index (χ0) is 16.0. The van der Waals surface area contributed by atoms with E-state index < -0.39 is 17.3 Å². The van der Waals surface area contributed by atoms with Crippen LogP contribution in [0.15, 0.2) is 18.2 Å². The number of halogens is 3. The Hall–Kier alpha value is -1.79. The minimum absolute atomic E-state index is 0.122. The number of methoxy groups -OCH3 is 1. The van der Waals surface area contributed by atoms with Crippen molar-refractivity contribution < 1.29 is 22.7 Å². The molecule has 2 fully saturated rings. The van der Waals surface area contributed by atoms with Crippen LogP contribution < -0.4 is 4.90 Å². The summed E-state index contributed by atoms with van der Waals surface area (Å²) in [4.78, 5) is 17.7. The SMILES string of the molecule is COC(=O)C12CCCC1CN(c1cccc(C(F)(F)F)n1)C2. The van der Waals surface area contributed by atoms with Crippen molar-refractivity contribution in [2.45, 2.75) is 25.4 Å². The average Bonchev–Trinajstić information content (AvgIpc) is 3.03. The zero-order valence-corrected chi connectivity index (χ0v) is 12.2. The highest BCUT2D eigenvalue weighted by Crippen LogP contribution is 2.50. The summed E-state index contributed by atoms with van der Waals surface area (Å²) >= 11 is 0. The van der Waals surface area contributed by atoms with Crippen molar-refractivity contribution >= 4 is 11.8 Å². The van der Waals surface area contributed by atoms with E-state index in [1.54, 1.807) is 11.0 Å². The highest BCUT2D eigenvalue weighted by atomic mass is 19.4. The molecule has 1 saturated carbocycles. The van der Waals surface area contributed by atoms with E-state index >= 15 is 0 Å². The second kappa shape index (κ2) is 5.14. The summed E-state index contributed by atoms with van der Waals surface area (Å²) in [5.74, 6) is 0.133. The third-order valence-corrected chi connectivity index (χ3v) is 4.81. The summed E-state index contributed by atoms with van der Waals surface area (Å²) < 4.78 is 43.3. The van der Waals surface area contributed by atoms with Crippen molar-refractivity contribution in [3.8, 4) is 0 Å². The van der Waals surface area contributed by atoms with Crippen molar-refractivity contribution in [3.63, 3.8) is 0 Å². The smallest absolute Gasteiger partial charge is 0.433 e. The zero-order valence-electron chi connectivity index (χ0n) is 12.2. The predicted molar refractivity (Wildman–Crippen MR) is 73.2 cm³/mol. The van der Waals surface area contributed by atoms with Crippen LogP contribution in [0.4, 0.5) is 19.0 Å². The van der Waals surface area contributed by atoms with Gasteiger partial charge in [-0.05, 0) is 30.9 Å². The van der Waals surface area contributed by atoms with Crippen LogP contribution in [0.5, 0.6) is 0 Å². The first-order valence-electron chi connectivity index (χ1n) is 7.24. The van der Waals surface area contributed by atoms with Gasteiger partial charge in [0.1, 0.15) is 11.5 Å². The summed E-state index contributed by atoms with van der Waals surface area (Å²) in [6.45, 7) is 0.919. The van der Waals surface area contributed by atoms with Gasteiger partial charge in [-0.25, -0.2) is 4.98 Å². The number of esters is 1. The van der Waals surface area contributed by atoms with Crippen LogP contribution in [0.2, 0.25) is 0 Å². The van der Waals surface area contributed by atoms with Crippen LogP contribution >= 0.6 is 0 Å². The largest absolute Gasteiger partial charge is 0.469 e. The van der Waals surface area contributed by atoms with E-state index in [1.807, 2.05) is 0 Å². The maximum absolute atomic E-state index is 12.8. The Morgan fingerprint density at radius 3 is 2.91 bits per heavy atom. The second-order valence-electron chi connectivity index (χ2n) is 6.00. The summed E-state index contributed by atoms with van der Waals surface area (Å²) in [6, 6.07) is 3.86. The molecule has 0 spiro atoms. The Labute approximate surface area is 126 Å². The molecule has 22 heavy (non-hydrogen) atoms. The number of carbonyl (C=O) groups excluding carboxylic acids is 1. The van der Waals surface area contributed by atoms with E-state index in [-0.39, 0.29) is 17.7 Å². The van der Waals surface area contributed by atoms with Gasteiger partial charge in [-0.3, -0.25) is 4.79 Å². The molecule has 1 aromatic rings. The Bertz CT molecular complexity index is 590. The minimum Gasteiger partial charge on any atom is -0.469 e. The Kier molecular flexibility index (Phi) is 3.53. The normalized spacial score (nSPS) is 27.8. The molecule has 0 bridgehead atoms. The first-order valence-corrected chi connectivity index (χ1v) is 7.24. The molecule has 2 unspecified atom stereocenters. The second-order valence-corrected chi connectivity index (χ2v) is 6.00. The van der Waals surface area contributed by atoms with E-state index in [2.05, 4.69) is 4.98 Å². The Morgan fingerprint density at radius 2 is 2.23 bits per heavy atom. The number of alkyl halides is 3. The molecule has 1 aromatic heterocycles. The number of fused-ring (bicyclic) bond motifs is 1. The summed E-state index contributed by atoms with van der Waals surface area (Å²) in [5.41, 5.74) is -1.50. The lowest BCUT2D eigenvalue weighted by atomic mass is 9.81. The lowest BCUT2D eigenvalue weighted by molar-refractivity contribution is -0.153. The van der Waals surface area contributed by atoms with Gasteiger partial charge in [0.25, 0.3) is 0 Å². The molecule has 0 radical (unpaired) electrons. The number of rotatable bonds is 2. The molecule has 0 N–H and O–H groups in total. The van der Waals surface area contributed by atoms with E-state index in [9.17, 15) is 18.0 Å². The first-order chi connectivity index (χ1) is 10.4. The van der Waals surface area contributed by atoms with Crippen LogP contribution in [-0.2, 0) is 15.7 Å². The maximum atomic E-state index is 12.8. The van der Waals surface area contributed by atoms with Crippen molar-refractivity contribution in [1.29, 1.82) is 0 Å². The molecule has 3 rings (SSSR count). The van der Waals surface area contributed by atoms with Gasteiger partial charge < -0.3 is 9.64 Å². The summed E-state index contributed by atoms with van der Waals surface area (Å²) in [5, 5.41) is 0. The van der Waals surface area contributed by atoms with Gasteiger partial charge in [0.15, 0.2) is 0 Å². The number of hydrogen-bond acceptors (Lipinski definition) is 4. The number of anilines is 1. The molecule has 0 amide bonds. The van der Waals surface area contributed by atoms with Crippen LogP contribution in [0.3, 0.4) is 0 Å². The first kappa shape index (κ1) is 15.1. The molecule has 7 heteroatoms. The number of ether oxygens (including phenoxy) is 1. The fraction of sp³-hybridized carbons (Fsp3) is 0.600. The van der Waals surface area contributed by atoms with Gasteiger partial charge in [-0.2, -0.15) is 13.2 Å². The molecule has 4 nitrogen and oxygen atoms in total.